The fourth-order valence-corrected chi connectivity index (χ4v) is 5.68. The van der Waals surface area contributed by atoms with Crippen molar-refractivity contribution in [2.45, 2.75) is 52.1 Å². The van der Waals surface area contributed by atoms with Gasteiger partial charge in [-0.2, -0.15) is 0 Å². The maximum atomic E-state index is 13.1. The van der Waals surface area contributed by atoms with E-state index < -0.39 is 0 Å². The SMILES string of the molecule is CC(C)CCSc1nc2nc3c(c(-c4cccs4)c2c(=O)[nH]1)C(=O)CC(C)(C)C3. The van der Waals surface area contributed by atoms with Gasteiger partial charge in [-0.3, -0.25) is 9.59 Å². The maximum Gasteiger partial charge on any atom is 0.261 e. The number of rotatable bonds is 5. The van der Waals surface area contributed by atoms with Crippen LogP contribution in [0.1, 0.15) is 56.6 Å². The molecular formula is C22H25N3O2S2. The summed E-state index contributed by atoms with van der Waals surface area (Å²) in [5.41, 5.74) is 2.14. The van der Waals surface area contributed by atoms with Crippen LogP contribution in [-0.2, 0) is 6.42 Å². The number of aromatic amines is 1. The molecule has 0 aliphatic heterocycles. The second-order valence-electron chi connectivity index (χ2n) is 8.83. The molecule has 29 heavy (non-hydrogen) atoms. The number of H-pyrrole nitrogens is 1. The van der Waals surface area contributed by atoms with E-state index >= 15 is 0 Å². The average Bonchev–Trinajstić information content (AvgIpc) is 3.12. The minimum atomic E-state index is -0.224. The topological polar surface area (TPSA) is 75.7 Å². The van der Waals surface area contributed by atoms with Gasteiger partial charge in [-0.25, -0.2) is 9.97 Å². The highest BCUT2D eigenvalue weighted by atomic mass is 32.2. The quantitative estimate of drug-likeness (QED) is 0.439. The summed E-state index contributed by atoms with van der Waals surface area (Å²) in [7, 11) is 0. The zero-order chi connectivity index (χ0) is 20.8. The van der Waals surface area contributed by atoms with Gasteiger partial charge in [0, 0.05) is 28.2 Å². The van der Waals surface area contributed by atoms with Gasteiger partial charge in [0.15, 0.2) is 16.6 Å². The third-order valence-corrected chi connectivity index (χ3v) is 6.97. The number of pyridine rings is 1. The van der Waals surface area contributed by atoms with Crippen molar-refractivity contribution in [1.82, 2.24) is 15.0 Å². The molecule has 0 unspecified atom stereocenters. The molecule has 7 heteroatoms. The van der Waals surface area contributed by atoms with Crippen LogP contribution >= 0.6 is 23.1 Å². The van der Waals surface area contributed by atoms with Gasteiger partial charge < -0.3 is 4.98 Å². The molecule has 4 rings (SSSR count). The van der Waals surface area contributed by atoms with Crippen LogP contribution in [-0.4, -0.2) is 26.5 Å². The average molecular weight is 428 g/mol. The predicted molar refractivity (Wildman–Crippen MR) is 120 cm³/mol. The first kappa shape index (κ1) is 20.3. The number of ketones is 1. The van der Waals surface area contributed by atoms with Crippen molar-refractivity contribution < 1.29 is 4.79 Å². The molecule has 0 aromatic carbocycles. The molecule has 152 valence electrons. The summed E-state index contributed by atoms with van der Waals surface area (Å²) in [6.45, 7) is 8.53. The van der Waals surface area contributed by atoms with E-state index in [0.29, 0.717) is 46.1 Å². The highest BCUT2D eigenvalue weighted by Gasteiger charge is 2.35. The molecular weight excluding hydrogens is 402 g/mol. The number of fused-ring (bicyclic) bond motifs is 2. The number of thioether (sulfide) groups is 1. The number of hydrogen-bond donors (Lipinski definition) is 1. The van der Waals surface area contributed by atoms with Crippen LogP contribution in [0.4, 0.5) is 0 Å². The van der Waals surface area contributed by atoms with Crippen molar-refractivity contribution in [2.24, 2.45) is 11.3 Å². The minimum absolute atomic E-state index is 0.0591. The molecule has 1 aliphatic rings. The van der Waals surface area contributed by atoms with Crippen LogP contribution in [0.25, 0.3) is 21.5 Å². The first-order chi connectivity index (χ1) is 13.7. The largest absolute Gasteiger partial charge is 0.301 e. The Kier molecular flexibility index (Phi) is 5.38. The van der Waals surface area contributed by atoms with E-state index in [1.807, 2.05) is 17.5 Å². The standard InChI is InChI=1S/C22H25N3O2S2/c1-12(2)7-9-29-21-24-19-18(20(27)25-21)17(15-6-5-8-28-15)16-13(23-19)10-22(3,4)11-14(16)26/h5-6,8,12H,7,9-11H2,1-4H3,(H,23,24,25,27). The van der Waals surface area contributed by atoms with Crippen LogP contribution < -0.4 is 5.56 Å². The summed E-state index contributed by atoms with van der Waals surface area (Å²) >= 11 is 3.08. The Morgan fingerprint density at radius 1 is 1.21 bits per heavy atom. The molecule has 0 amide bonds. The Morgan fingerprint density at radius 2 is 2.00 bits per heavy atom. The molecule has 3 aromatic heterocycles. The van der Waals surface area contributed by atoms with Crippen molar-refractivity contribution in [3.8, 4) is 10.4 Å². The van der Waals surface area contributed by atoms with E-state index in [9.17, 15) is 9.59 Å². The number of Topliss-reactive ketones (excluding diaryl/α,β-unsaturated/α-hetero) is 1. The van der Waals surface area contributed by atoms with Crippen LogP contribution in [0.5, 0.6) is 0 Å². The summed E-state index contributed by atoms with van der Waals surface area (Å²) in [5.74, 6) is 1.54. The lowest BCUT2D eigenvalue weighted by atomic mass is 9.74. The number of thiophene rings is 1. The molecule has 0 spiro atoms. The van der Waals surface area contributed by atoms with Gasteiger partial charge >= 0.3 is 0 Å². The van der Waals surface area contributed by atoms with Gasteiger partial charge in [0.05, 0.1) is 11.1 Å². The van der Waals surface area contributed by atoms with E-state index in [0.717, 1.165) is 22.7 Å². The second-order valence-corrected chi connectivity index (χ2v) is 10.9. The first-order valence-electron chi connectivity index (χ1n) is 9.92. The smallest absolute Gasteiger partial charge is 0.261 e. The van der Waals surface area contributed by atoms with Crippen molar-refractivity contribution in [3.63, 3.8) is 0 Å². The highest BCUT2D eigenvalue weighted by Crippen LogP contribution is 2.41. The predicted octanol–water partition coefficient (Wildman–Crippen LogP) is 5.34. The number of hydrogen-bond acceptors (Lipinski definition) is 6. The van der Waals surface area contributed by atoms with Gasteiger partial charge in [0.25, 0.3) is 5.56 Å². The van der Waals surface area contributed by atoms with E-state index in [-0.39, 0.29) is 16.8 Å². The fourth-order valence-electron chi connectivity index (χ4n) is 3.79. The molecule has 1 aliphatic carbocycles. The molecule has 0 bridgehead atoms. The normalized spacial score (nSPS) is 15.8. The number of nitrogens with zero attached hydrogens (tertiary/aromatic N) is 2. The highest BCUT2D eigenvalue weighted by molar-refractivity contribution is 7.99. The third-order valence-electron chi connectivity index (χ3n) is 5.17. The van der Waals surface area contributed by atoms with E-state index in [1.54, 1.807) is 11.8 Å². The summed E-state index contributed by atoms with van der Waals surface area (Å²) in [4.78, 5) is 39.4. The van der Waals surface area contributed by atoms with Gasteiger partial charge in [-0.1, -0.05) is 45.5 Å². The molecule has 0 saturated carbocycles. The summed E-state index contributed by atoms with van der Waals surface area (Å²) in [6.07, 6.45) is 2.21. The van der Waals surface area contributed by atoms with Crippen LogP contribution in [0.2, 0.25) is 0 Å². The third kappa shape index (κ3) is 4.03. The Bertz CT molecular complexity index is 1130. The van der Waals surface area contributed by atoms with Crippen LogP contribution in [0, 0.1) is 11.3 Å². The first-order valence-corrected chi connectivity index (χ1v) is 11.8. The molecule has 0 saturated heterocycles. The van der Waals surface area contributed by atoms with Gasteiger partial charge in [0.1, 0.15) is 0 Å². The zero-order valence-corrected chi connectivity index (χ0v) is 18.8. The molecule has 0 radical (unpaired) electrons. The lowest BCUT2D eigenvalue weighted by Gasteiger charge is -2.30. The van der Waals surface area contributed by atoms with E-state index in [2.05, 4.69) is 37.7 Å². The lowest BCUT2D eigenvalue weighted by molar-refractivity contribution is 0.0911. The van der Waals surface area contributed by atoms with Crippen molar-refractivity contribution in [3.05, 3.63) is 39.1 Å². The van der Waals surface area contributed by atoms with Crippen molar-refractivity contribution >= 4 is 39.9 Å². The maximum absolute atomic E-state index is 13.1. The second kappa shape index (κ2) is 7.69. The number of nitrogens with one attached hydrogen (secondary N) is 1. The van der Waals surface area contributed by atoms with E-state index in [4.69, 9.17) is 4.98 Å². The summed E-state index contributed by atoms with van der Waals surface area (Å²) in [5, 5.41) is 2.98. The Labute approximate surface area is 178 Å². The molecule has 5 nitrogen and oxygen atoms in total. The Hall–Kier alpha value is -1.99. The molecule has 1 N–H and O–H groups in total. The van der Waals surface area contributed by atoms with Gasteiger partial charge in [-0.15, -0.1) is 11.3 Å². The fraction of sp³-hybridized carbons (Fsp3) is 0.455. The molecule has 0 fully saturated rings. The van der Waals surface area contributed by atoms with Crippen LogP contribution in [0.15, 0.2) is 27.5 Å². The summed E-state index contributed by atoms with van der Waals surface area (Å²) in [6, 6.07) is 3.89. The number of carbonyl (C=O) groups excluding carboxylic acids is 1. The van der Waals surface area contributed by atoms with Crippen molar-refractivity contribution in [2.75, 3.05) is 5.75 Å². The van der Waals surface area contributed by atoms with Gasteiger partial charge in [-0.05, 0) is 35.6 Å². The Balaban J connectivity index is 1.93. The minimum Gasteiger partial charge on any atom is -0.301 e. The molecule has 3 heterocycles. The summed E-state index contributed by atoms with van der Waals surface area (Å²) < 4.78 is 0. The van der Waals surface area contributed by atoms with E-state index in [1.165, 1.54) is 11.3 Å². The Morgan fingerprint density at radius 3 is 2.69 bits per heavy atom. The van der Waals surface area contributed by atoms with Gasteiger partial charge in [0.2, 0.25) is 0 Å². The molecule has 0 atom stereocenters. The lowest BCUT2D eigenvalue weighted by Crippen LogP contribution is -2.29. The monoisotopic (exact) mass is 427 g/mol. The van der Waals surface area contributed by atoms with Crippen molar-refractivity contribution in [1.29, 1.82) is 0 Å². The molecule has 3 aromatic rings. The van der Waals surface area contributed by atoms with Crippen LogP contribution in [0.3, 0.4) is 0 Å². The number of carbonyl (C=O) groups is 1. The zero-order valence-electron chi connectivity index (χ0n) is 17.2. The number of aromatic nitrogens is 3.